The van der Waals surface area contributed by atoms with Crippen molar-refractivity contribution in [2.45, 2.75) is 44.1 Å². The summed E-state index contributed by atoms with van der Waals surface area (Å²) in [7, 11) is -3.28. The Kier molecular flexibility index (Phi) is 5.15. The fraction of sp³-hybridized carbons (Fsp3) is 0.750. The lowest BCUT2D eigenvalue weighted by molar-refractivity contribution is -0.163. The largest absolute Gasteiger partial charge is 0.477 e. The van der Waals surface area contributed by atoms with Crippen molar-refractivity contribution < 1.29 is 28.2 Å². The maximum atomic E-state index is 12.3. The molecule has 2 fully saturated rings. The van der Waals surface area contributed by atoms with E-state index in [2.05, 4.69) is 0 Å². The molecular formula is C16H24N2O6S2. The average Bonchev–Trinajstić information content (AvgIpc) is 2.76. The predicted octanol–water partition coefficient (Wildman–Crippen LogP) is 0.297. The van der Waals surface area contributed by atoms with Crippen LogP contribution in [0, 0.1) is 11.8 Å². The highest BCUT2D eigenvalue weighted by Crippen LogP contribution is 2.51. The second kappa shape index (κ2) is 6.81. The monoisotopic (exact) mass is 404 g/mol. The van der Waals surface area contributed by atoms with E-state index in [1.165, 1.54) is 27.2 Å². The van der Waals surface area contributed by atoms with Crippen molar-refractivity contribution in [3.63, 3.8) is 0 Å². The molecule has 0 radical (unpaired) electrons. The Morgan fingerprint density at radius 2 is 2.04 bits per heavy atom. The topological polar surface area (TPSA) is 115 Å². The number of sulfonamides is 1. The first-order valence-electron chi connectivity index (χ1n) is 8.64. The Bertz CT molecular complexity index is 763. The van der Waals surface area contributed by atoms with Gasteiger partial charge in [0.2, 0.25) is 15.9 Å². The van der Waals surface area contributed by atoms with Crippen molar-refractivity contribution in [1.29, 1.82) is 0 Å². The summed E-state index contributed by atoms with van der Waals surface area (Å²) in [6, 6.07) is -0.342. The lowest BCUT2D eigenvalue weighted by Crippen LogP contribution is -2.63. The first-order chi connectivity index (χ1) is 12.0. The number of fused-ring (bicyclic) bond motifs is 1. The number of aliphatic carboxylic acids is 1. The van der Waals surface area contributed by atoms with Crippen LogP contribution in [0.25, 0.3) is 0 Å². The van der Waals surface area contributed by atoms with Crippen LogP contribution < -0.4 is 0 Å². The molecule has 26 heavy (non-hydrogen) atoms. The van der Waals surface area contributed by atoms with Crippen molar-refractivity contribution in [2.24, 2.45) is 11.8 Å². The Morgan fingerprint density at radius 1 is 1.38 bits per heavy atom. The Balaban J connectivity index is 1.84. The zero-order valence-corrected chi connectivity index (χ0v) is 16.6. The number of carbonyl (C=O) groups excluding carboxylic acids is 1. The molecule has 0 aliphatic carbocycles. The van der Waals surface area contributed by atoms with Crippen molar-refractivity contribution >= 4 is 33.7 Å². The third-order valence-electron chi connectivity index (χ3n) is 5.41. The molecule has 3 aliphatic rings. The van der Waals surface area contributed by atoms with E-state index in [0.29, 0.717) is 18.0 Å². The van der Waals surface area contributed by atoms with Crippen LogP contribution in [0.1, 0.15) is 26.7 Å². The normalized spacial score (nSPS) is 33.8. The van der Waals surface area contributed by atoms with Gasteiger partial charge in [-0.15, -0.1) is 11.8 Å². The predicted molar refractivity (Wildman–Crippen MR) is 96.7 cm³/mol. The van der Waals surface area contributed by atoms with E-state index in [4.69, 9.17) is 0 Å². The summed E-state index contributed by atoms with van der Waals surface area (Å²) in [4.78, 5) is 26.0. The van der Waals surface area contributed by atoms with E-state index >= 15 is 0 Å². The van der Waals surface area contributed by atoms with Gasteiger partial charge in [0.05, 0.1) is 24.3 Å². The highest BCUT2D eigenvalue weighted by Gasteiger charge is 2.60. The third-order valence-corrected chi connectivity index (χ3v) is 8.22. The number of hydrogen-bond acceptors (Lipinski definition) is 6. The van der Waals surface area contributed by atoms with E-state index in [1.54, 1.807) is 6.92 Å². The first kappa shape index (κ1) is 19.7. The summed E-state index contributed by atoms with van der Waals surface area (Å²) in [5, 5.41) is 19.5. The van der Waals surface area contributed by atoms with Gasteiger partial charge in [-0.1, -0.05) is 6.92 Å². The van der Waals surface area contributed by atoms with Crippen LogP contribution in [-0.2, 0) is 19.6 Å². The highest BCUT2D eigenvalue weighted by molar-refractivity contribution is 8.03. The summed E-state index contributed by atoms with van der Waals surface area (Å²) < 4.78 is 25.0. The summed E-state index contributed by atoms with van der Waals surface area (Å²) in [6.07, 6.45) is 1.86. The molecule has 0 saturated carbocycles. The number of nitrogens with zero attached hydrogens (tertiary/aromatic N) is 2. The number of thioether (sulfide) groups is 1. The maximum absolute atomic E-state index is 12.3. The van der Waals surface area contributed by atoms with E-state index in [9.17, 15) is 28.2 Å². The molecule has 5 atom stereocenters. The van der Waals surface area contributed by atoms with Crippen LogP contribution in [0.3, 0.4) is 0 Å². The number of carbonyl (C=O) groups is 2. The van der Waals surface area contributed by atoms with Crippen LogP contribution in [-0.4, -0.2) is 76.5 Å². The molecule has 0 aromatic heterocycles. The number of rotatable bonds is 5. The molecule has 8 nitrogen and oxygen atoms in total. The first-order valence-corrected chi connectivity index (χ1v) is 11.4. The zero-order chi connectivity index (χ0) is 19.4. The number of β-lactam (4-membered cyclic amide) rings is 1. The van der Waals surface area contributed by atoms with Crippen molar-refractivity contribution in [1.82, 2.24) is 9.21 Å². The summed E-state index contributed by atoms with van der Waals surface area (Å²) in [5.74, 6) is -2.30. The van der Waals surface area contributed by atoms with Crippen LogP contribution in [0.5, 0.6) is 0 Å². The van der Waals surface area contributed by atoms with Gasteiger partial charge >= 0.3 is 5.97 Å². The summed E-state index contributed by atoms with van der Waals surface area (Å²) >= 11 is 1.37. The number of aliphatic hydroxyl groups is 1. The van der Waals surface area contributed by atoms with Crippen molar-refractivity contribution in [3.8, 4) is 0 Å². The zero-order valence-electron chi connectivity index (χ0n) is 15.0. The number of carboxylic acids is 1. The summed E-state index contributed by atoms with van der Waals surface area (Å²) in [5.41, 5.74) is -0.00845. The van der Waals surface area contributed by atoms with Gasteiger partial charge in [0.1, 0.15) is 5.70 Å². The molecule has 2 N–H and O–H groups in total. The standard InChI is InChI=1S/C16H24N2O6S2/c1-8-12-11(9(2)19)15(20)18(12)13(16(21)22)14(8)25-10-5-4-6-17(7-10)26(3,23)24/h8-12,19H,4-7H2,1-3H3,(H,21,22)/t8-,9-,10?,11-,12-/m1/s1. The van der Waals surface area contributed by atoms with E-state index < -0.39 is 28.0 Å². The Morgan fingerprint density at radius 3 is 2.58 bits per heavy atom. The minimum atomic E-state index is -3.28. The number of piperidine rings is 1. The molecule has 10 heteroatoms. The van der Waals surface area contributed by atoms with Crippen LogP contribution >= 0.6 is 11.8 Å². The number of carboxylic acid groups (broad SMARTS) is 1. The van der Waals surface area contributed by atoms with Gasteiger partial charge < -0.3 is 15.1 Å². The molecule has 1 amide bonds. The fourth-order valence-electron chi connectivity index (χ4n) is 4.16. The van der Waals surface area contributed by atoms with Crippen molar-refractivity contribution in [3.05, 3.63) is 10.6 Å². The number of hydrogen-bond donors (Lipinski definition) is 2. The SMILES string of the molecule is C[C@@H](O)[C@H]1C(=O)N2C(C(=O)O)=C(SC3CCCN(S(C)(=O)=O)C3)[C@H](C)[C@H]12. The highest BCUT2D eigenvalue weighted by atomic mass is 32.2. The number of amides is 1. The molecule has 0 spiro atoms. The molecule has 146 valence electrons. The lowest BCUT2D eigenvalue weighted by Gasteiger charge is -2.46. The molecule has 3 rings (SSSR count). The van der Waals surface area contributed by atoms with Gasteiger partial charge in [0, 0.05) is 29.2 Å². The Hall–Kier alpha value is -1.10. The molecule has 0 bridgehead atoms. The summed E-state index contributed by atoms with van der Waals surface area (Å²) in [6.45, 7) is 4.23. The lowest BCUT2D eigenvalue weighted by atomic mass is 9.79. The molecule has 0 aromatic carbocycles. The number of aliphatic hydroxyl groups excluding tert-OH is 1. The Labute approximate surface area is 157 Å². The molecular weight excluding hydrogens is 380 g/mol. The molecule has 2 saturated heterocycles. The van der Waals surface area contributed by atoms with Gasteiger partial charge in [0.15, 0.2) is 0 Å². The minimum Gasteiger partial charge on any atom is -0.477 e. The average molecular weight is 405 g/mol. The molecule has 3 heterocycles. The van der Waals surface area contributed by atoms with Crippen LogP contribution in [0.2, 0.25) is 0 Å². The smallest absolute Gasteiger partial charge is 0.353 e. The van der Waals surface area contributed by atoms with Crippen LogP contribution in [0.15, 0.2) is 10.6 Å². The van der Waals surface area contributed by atoms with E-state index in [1.807, 2.05) is 6.92 Å². The van der Waals surface area contributed by atoms with Crippen molar-refractivity contribution in [2.75, 3.05) is 19.3 Å². The van der Waals surface area contributed by atoms with Gasteiger partial charge in [-0.05, 0) is 19.8 Å². The van der Waals surface area contributed by atoms with Gasteiger partial charge in [0.25, 0.3) is 0 Å². The second-order valence-corrected chi connectivity index (χ2v) is 10.6. The minimum absolute atomic E-state index is 0.00845. The van der Waals surface area contributed by atoms with Gasteiger partial charge in [-0.2, -0.15) is 0 Å². The third kappa shape index (κ3) is 3.17. The van der Waals surface area contributed by atoms with E-state index in [-0.39, 0.29) is 28.8 Å². The van der Waals surface area contributed by atoms with E-state index in [0.717, 1.165) is 12.8 Å². The van der Waals surface area contributed by atoms with Crippen LogP contribution in [0.4, 0.5) is 0 Å². The maximum Gasteiger partial charge on any atom is 0.353 e. The second-order valence-electron chi connectivity index (χ2n) is 7.27. The quantitative estimate of drug-likeness (QED) is 0.633. The molecule has 0 aromatic rings. The molecule has 3 aliphatic heterocycles. The van der Waals surface area contributed by atoms with Gasteiger partial charge in [-0.25, -0.2) is 17.5 Å². The van der Waals surface area contributed by atoms with Gasteiger partial charge in [-0.3, -0.25) is 4.79 Å². The molecule has 1 unspecified atom stereocenters. The fourth-order valence-corrected chi connectivity index (χ4v) is 6.72.